The van der Waals surface area contributed by atoms with E-state index in [1.165, 1.54) is 0 Å². The Labute approximate surface area is 156 Å². The van der Waals surface area contributed by atoms with Gasteiger partial charge >= 0.3 is 0 Å². The Balaban J connectivity index is 1.58. The molecule has 0 spiro atoms. The van der Waals surface area contributed by atoms with Crippen molar-refractivity contribution in [1.29, 1.82) is 0 Å². The molecule has 26 heavy (non-hydrogen) atoms. The monoisotopic (exact) mass is 360 g/mol. The van der Waals surface area contributed by atoms with E-state index in [9.17, 15) is 9.90 Å². The lowest BCUT2D eigenvalue weighted by atomic mass is 9.70. The molecule has 2 heterocycles. The van der Waals surface area contributed by atoms with Gasteiger partial charge in [-0.2, -0.15) is 0 Å². The van der Waals surface area contributed by atoms with Crippen LogP contribution in [0.5, 0.6) is 0 Å². The first-order valence-corrected chi connectivity index (χ1v) is 9.74. The number of carbonyl (C=O) groups excluding carboxylic acids is 1. The molecule has 1 aromatic carbocycles. The lowest BCUT2D eigenvalue weighted by Crippen LogP contribution is -2.57. The maximum Gasteiger partial charge on any atom is 0.227 e. The number of piperidine rings is 1. The van der Waals surface area contributed by atoms with Crippen LogP contribution in [-0.4, -0.2) is 61.9 Å². The lowest BCUT2D eigenvalue weighted by molar-refractivity contribution is -0.150. The van der Waals surface area contributed by atoms with Gasteiger partial charge in [0, 0.05) is 52.0 Å². The van der Waals surface area contributed by atoms with Gasteiger partial charge in [0.2, 0.25) is 5.91 Å². The zero-order chi connectivity index (χ0) is 18.7. The number of aliphatic hydroxyl groups is 1. The van der Waals surface area contributed by atoms with Crippen molar-refractivity contribution in [3.8, 4) is 0 Å². The minimum Gasteiger partial charge on any atom is -0.389 e. The molecule has 2 saturated heterocycles. The van der Waals surface area contributed by atoms with Crippen molar-refractivity contribution in [3.63, 3.8) is 0 Å². The van der Waals surface area contributed by atoms with Crippen molar-refractivity contribution in [2.24, 2.45) is 11.8 Å². The van der Waals surface area contributed by atoms with Crippen molar-refractivity contribution in [3.05, 3.63) is 29.8 Å². The summed E-state index contributed by atoms with van der Waals surface area (Å²) < 4.78 is 5.44. The summed E-state index contributed by atoms with van der Waals surface area (Å²) in [6, 6.07) is 8.15. The summed E-state index contributed by atoms with van der Waals surface area (Å²) in [5.41, 5.74) is 1.52. The predicted molar refractivity (Wildman–Crippen MR) is 103 cm³/mol. The van der Waals surface area contributed by atoms with E-state index >= 15 is 0 Å². The van der Waals surface area contributed by atoms with E-state index in [0.717, 1.165) is 37.3 Å². The minimum absolute atomic E-state index is 0.0967. The second-order valence-electron chi connectivity index (χ2n) is 8.11. The summed E-state index contributed by atoms with van der Waals surface area (Å²) in [5.74, 6) is 0.546. The summed E-state index contributed by atoms with van der Waals surface area (Å²) in [6.45, 7) is 4.85. The second-order valence-corrected chi connectivity index (χ2v) is 8.11. The van der Waals surface area contributed by atoms with Crippen LogP contribution in [0.1, 0.15) is 31.7 Å². The number of rotatable bonds is 4. The molecule has 144 valence electrons. The first-order chi connectivity index (χ1) is 12.4. The normalized spacial score (nSPS) is 27.4. The fourth-order valence-electron chi connectivity index (χ4n) is 4.37. The Bertz CT molecular complexity index is 610. The third-order valence-corrected chi connectivity index (χ3v) is 6.22. The zero-order valence-electron chi connectivity index (χ0n) is 16.3. The molecule has 0 unspecified atom stereocenters. The number of hydrogen-bond donors (Lipinski definition) is 1. The topological polar surface area (TPSA) is 53.0 Å². The molecular weight excluding hydrogens is 328 g/mol. The smallest absolute Gasteiger partial charge is 0.227 e. The zero-order valence-corrected chi connectivity index (χ0v) is 16.3. The fourth-order valence-corrected chi connectivity index (χ4v) is 4.37. The van der Waals surface area contributed by atoms with Gasteiger partial charge in [0.15, 0.2) is 0 Å². The van der Waals surface area contributed by atoms with E-state index < -0.39 is 5.60 Å². The average molecular weight is 360 g/mol. The molecule has 1 amide bonds. The lowest BCUT2D eigenvalue weighted by Gasteiger charge is -2.48. The first-order valence-electron chi connectivity index (χ1n) is 9.74. The molecule has 0 aliphatic carbocycles. The van der Waals surface area contributed by atoms with Crippen LogP contribution in [0.25, 0.3) is 0 Å². The maximum absolute atomic E-state index is 12.7. The molecule has 0 aromatic heterocycles. The van der Waals surface area contributed by atoms with E-state index in [-0.39, 0.29) is 11.8 Å². The Morgan fingerprint density at radius 2 is 1.92 bits per heavy atom. The molecule has 5 heteroatoms. The Hall–Kier alpha value is -1.59. The number of likely N-dealkylation sites (tertiary alicyclic amines) is 1. The Morgan fingerprint density at radius 1 is 1.27 bits per heavy atom. The van der Waals surface area contributed by atoms with Crippen LogP contribution in [0.2, 0.25) is 0 Å². The van der Waals surface area contributed by atoms with Gasteiger partial charge in [-0.1, -0.05) is 19.1 Å². The Kier molecular flexibility index (Phi) is 5.88. The number of anilines is 1. The van der Waals surface area contributed by atoms with E-state index in [1.807, 2.05) is 43.3 Å². The summed E-state index contributed by atoms with van der Waals surface area (Å²) >= 11 is 0. The van der Waals surface area contributed by atoms with E-state index in [1.54, 1.807) is 0 Å². The summed E-state index contributed by atoms with van der Waals surface area (Å²) in [5, 5.41) is 11.2. The SMILES string of the molecule is C[C@@H]1CN(C(=O)Cc2ccc(N(C)C)cc2)CC[C@@]1(O)C1CCOCC1. The number of amides is 1. The first kappa shape index (κ1) is 19.2. The highest BCUT2D eigenvalue weighted by Crippen LogP contribution is 2.39. The van der Waals surface area contributed by atoms with Crippen LogP contribution in [0.3, 0.4) is 0 Å². The van der Waals surface area contributed by atoms with Crippen molar-refractivity contribution in [2.75, 3.05) is 45.3 Å². The Morgan fingerprint density at radius 3 is 2.50 bits per heavy atom. The van der Waals surface area contributed by atoms with Crippen LogP contribution < -0.4 is 4.90 Å². The molecule has 0 radical (unpaired) electrons. The predicted octanol–water partition coefficient (Wildman–Crippen LogP) is 2.32. The second kappa shape index (κ2) is 7.97. The number of ether oxygens (including phenoxy) is 1. The molecule has 2 fully saturated rings. The van der Waals surface area contributed by atoms with E-state index in [2.05, 4.69) is 11.8 Å². The molecule has 1 aromatic rings. The van der Waals surface area contributed by atoms with Crippen molar-refractivity contribution in [1.82, 2.24) is 4.90 Å². The molecule has 2 aliphatic heterocycles. The third-order valence-electron chi connectivity index (χ3n) is 6.22. The highest BCUT2D eigenvalue weighted by molar-refractivity contribution is 5.79. The molecule has 0 saturated carbocycles. The molecular formula is C21H32N2O3. The van der Waals surface area contributed by atoms with Crippen molar-refractivity contribution < 1.29 is 14.6 Å². The van der Waals surface area contributed by atoms with Crippen LogP contribution in [0.4, 0.5) is 5.69 Å². The van der Waals surface area contributed by atoms with Crippen LogP contribution >= 0.6 is 0 Å². The number of benzene rings is 1. The van der Waals surface area contributed by atoms with E-state index in [4.69, 9.17) is 4.74 Å². The average Bonchev–Trinajstić information content (AvgIpc) is 2.65. The van der Waals surface area contributed by atoms with E-state index in [0.29, 0.717) is 31.8 Å². The van der Waals surface area contributed by atoms with Crippen molar-refractivity contribution >= 4 is 11.6 Å². The van der Waals surface area contributed by atoms with Gasteiger partial charge in [-0.05, 0) is 42.9 Å². The third kappa shape index (κ3) is 4.04. The molecule has 0 bridgehead atoms. The van der Waals surface area contributed by atoms with Gasteiger partial charge in [-0.3, -0.25) is 4.79 Å². The van der Waals surface area contributed by atoms with Crippen LogP contribution in [0.15, 0.2) is 24.3 Å². The van der Waals surface area contributed by atoms with Gasteiger partial charge in [-0.15, -0.1) is 0 Å². The highest BCUT2D eigenvalue weighted by Gasteiger charge is 2.45. The van der Waals surface area contributed by atoms with Gasteiger partial charge in [0.25, 0.3) is 0 Å². The number of carbonyl (C=O) groups is 1. The van der Waals surface area contributed by atoms with Crippen molar-refractivity contribution in [2.45, 2.75) is 38.2 Å². The quantitative estimate of drug-likeness (QED) is 0.895. The molecule has 2 aliphatic rings. The van der Waals surface area contributed by atoms with Gasteiger partial charge in [-0.25, -0.2) is 0 Å². The van der Waals surface area contributed by atoms with Crippen LogP contribution in [0, 0.1) is 11.8 Å². The largest absolute Gasteiger partial charge is 0.389 e. The van der Waals surface area contributed by atoms with Gasteiger partial charge in [0.1, 0.15) is 0 Å². The standard InChI is InChI=1S/C21H32N2O3/c1-16-15-23(11-10-21(16,25)18-8-12-26-13-9-18)20(24)14-17-4-6-19(7-5-17)22(2)3/h4-7,16,18,25H,8-15H2,1-3H3/t16-,21+/m1/s1. The number of nitrogens with zero attached hydrogens (tertiary/aromatic N) is 2. The van der Waals surface area contributed by atoms with Gasteiger partial charge in [0.05, 0.1) is 12.0 Å². The van der Waals surface area contributed by atoms with Gasteiger partial charge < -0.3 is 19.6 Å². The fraction of sp³-hybridized carbons (Fsp3) is 0.667. The molecule has 2 atom stereocenters. The summed E-state index contributed by atoms with van der Waals surface area (Å²) in [7, 11) is 4.02. The van der Waals surface area contributed by atoms with Crippen LogP contribution in [-0.2, 0) is 16.0 Å². The molecule has 5 nitrogen and oxygen atoms in total. The summed E-state index contributed by atoms with van der Waals surface area (Å²) in [6.07, 6.45) is 2.94. The maximum atomic E-state index is 12.7. The summed E-state index contributed by atoms with van der Waals surface area (Å²) in [4.78, 5) is 16.7. The molecule has 1 N–H and O–H groups in total. The number of hydrogen-bond acceptors (Lipinski definition) is 4. The molecule has 3 rings (SSSR count). The minimum atomic E-state index is -0.659. The highest BCUT2D eigenvalue weighted by atomic mass is 16.5.